The molecule has 6 nitrogen and oxygen atoms in total. The Morgan fingerprint density at radius 3 is 2.86 bits per heavy atom. The van der Waals surface area contributed by atoms with E-state index in [1.807, 2.05) is 19.1 Å². The second-order valence-electron chi connectivity index (χ2n) is 4.71. The molecule has 2 rings (SSSR count). The first-order valence-corrected chi connectivity index (χ1v) is 7.46. The van der Waals surface area contributed by atoms with Crippen LogP contribution < -0.4 is 16.9 Å². The van der Waals surface area contributed by atoms with Crippen LogP contribution in [-0.2, 0) is 13.5 Å². The van der Waals surface area contributed by atoms with Crippen molar-refractivity contribution in [2.24, 2.45) is 12.8 Å². The van der Waals surface area contributed by atoms with Crippen LogP contribution in [0.4, 0.5) is 0 Å². The van der Waals surface area contributed by atoms with E-state index in [1.165, 1.54) is 16.4 Å². The zero-order valence-corrected chi connectivity index (χ0v) is 13.2. The van der Waals surface area contributed by atoms with Crippen LogP contribution in [0.25, 0.3) is 0 Å². The lowest BCUT2D eigenvalue weighted by Crippen LogP contribution is -2.33. The van der Waals surface area contributed by atoms with Crippen molar-refractivity contribution < 1.29 is 0 Å². The fraction of sp³-hybridized carbons (Fsp3) is 0.308. The molecule has 0 saturated heterocycles. The Kier molecular flexibility index (Phi) is 4.87. The van der Waals surface area contributed by atoms with Gasteiger partial charge in [0, 0.05) is 18.0 Å². The highest BCUT2D eigenvalue weighted by molar-refractivity contribution is 7.99. The van der Waals surface area contributed by atoms with E-state index in [2.05, 4.69) is 10.1 Å². The number of rotatable bonds is 4. The van der Waals surface area contributed by atoms with Gasteiger partial charge in [-0.2, -0.15) is 4.98 Å². The number of nitrogens with two attached hydrogens (primary N) is 1. The second kappa shape index (κ2) is 6.46. The molecule has 2 aromatic rings. The van der Waals surface area contributed by atoms with E-state index in [0.29, 0.717) is 16.6 Å². The lowest BCUT2D eigenvalue weighted by Gasteiger charge is -2.13. The third-order valence-corrected chi connectivity index (χ3v) is 4.39. The monoisotopic (exact) mass is 326 g/mol. The first-order valence-electron chi connectivity index (χ1n) is 6.26. The van der Waals surface area contributed by atoms with Crippen molar-refractivity contribution in [3.05, 3.63) is 49.5 Å². The number of hydrogen-bond donors (Lipinski definition) is 2. The molecule has 0 spiro atoms. The van der Waals surface area contributed by atoms with Gasteiger partial charge in [-0.3, -0.25) is 19.4 Å². The maximum absolute atomic E-state index is 11.4. The largest absolute Gasteiger partial charge is 0.339 e. The van der Waals surface area contributed by atoms with Gasteiger partial charge in [0.1, 0.15) is 0 Å². The number of hydrogen-bond acceptors (Lipinski definition) is 5. The molecule has 1 atom stereocenters. The van der Waals surface area contributed by atoms with Gasteiger partial charge in [-0.1, -0.05) is 23.7 Å². The number of nitrogens with zero attached hydrogens (tertiary/aromatic N) is 2. The van der Waals surface area contributed by atoms with E-state index in [0.717, 1.165) is 10.5 Å². The Hall–Kier alpha value is -1.57. The molecule has 0 radical (unpaired) electrons. The first kappa shape index (κ1) is 15.8. The molecule has 0 bridgehead atoms. The third-order valence-electron chi connectivity index (χ3n) is 2.73. The molecule has 3 N–H and O–H groups in total. The topological polar surface area (TPSA) is 93.8 Å². The fourth-order valence-corrected chi connectivity index (χ4v) is 3.07. The number of aryl methyl sites for hydroxylation is 1. The van der Waals surface area contributed by atoms with Crippen LogP contribution in [-0.4, -0.2) is 20.8 Å². The predicted molar refractivity (Wildman–Crippen MR) is 83.0 cm³/mol. The number of benzene rings is 1. The SMILES string of the molecule is CC(N)Cc1cccc(Cl)c1Sc1nc(=O)c(=O)[nH]n1C. The third kappa shape index (κ3) is 3.75. The average Bonchev–Trinajstić information content (AvgIpc) is 2.39. The van der Waals surface area contributed by atoms with E-state index >= 15 is 0 Å². The van der Waals surface area contributed by atoms with Crippen molar-refractivity contribution in [2.75, 3.05) is 0 Å². The Morgan fingerprint density at radius 1 is 1.48 bits per heavy atom. The smallest absolute Gasteiger partial charge is 0.328 e. The number of H-pyrrole nitrogens is 1. The van der Waals surface area contributed by atoms with Crippen LogP contribution in [0.1, 0.15) is 12.5 Å². The molecule has 1 aromatic carbocycles. The highest BCUT2D eigenvalue weighted by Crippen LogP contribution is 2.34. The Balaban J connectivity index is 2.46. The summed E-state index contributed by atoms with van der Waals surface area (Å²) in [6, 6.07) is 5.53. The van der Waals surface area contributed by atoms with Gasteiger partial charge in [0.05, 0.1) is 5.02 Å². The quantitative estimate of drug-likeness (QED) is 0.822. The van der Waals surface area contributed by atoms with Gasteiger partial charge < -0.3 is 5.73 Å². The van der Waals surface area contributed by atoms with Gasteiger partial charge in [-0.25, -0.2) is 0 Å². The molecule has 0 saturated carbocycles. The molecule has 1 heterocycles. The van der Waals surface area contributed by atoms with Gasteiger partial charge in [-0.05, 0) is 36.7 Å². The van der Waals surface area contributed by atoms with Crippen molar-refractivity contribution in [1.82, 2.24) is 14.8 Å². The van der Waals surface area contributed by atoms with Crippen LogP contribution in [0.2, 0.25) is 5.02 Å². The minimum Gasteiger partial charge on any atom is -0.328 e. The van der Waals surface area contributed by atoms with Crippen LogP contribution >= 0.6 is 23.4 Å². The maximum Gasteiger partial charge on any atom is 0.339 e. The normalized spacial score (nSPS) is 12.4. The molecule has 0 aliphatic rings. The minimum absolute atomic E-state index is 0.0184. The average molecular weight is 327 g/mol. The molecule has 0 aliphatic heterocycles. The van der Waals surface area contributed by atoms with E-state index in [4.69, 9.17) is 17.3 Å². The zero-order chi connectivity index (χ0) is 15.6. The molecule has 0 amide bonds. The molecule has 8 heteroatoms. The highest BCUT2D eigenvalue weighted by atomic mass is 35.5. The van der Waals surface area contributed by atoms with Crippen molar-refractivity contribution in [3.63, 3.8) is 0 Å². The van der Waals surface area contributed by atoms with Gasteiger partial charge in [0.15, 0.2) is 5.16 Å². The molecule has 1 aromatic heterocycles. The summed E-state index contributed by atoms with van der Waals surface area (Å²) in [5.41, 5.74) is 5.24. The van der Waals surface area contributed by atoms with Crippen molar-refractivity contribution in [2.45, 2.75) is 29.4 Å². The maximum atomic E-state index is 11.4. The van der Waals surface area contributed by atoms with E-state index < -0.39 is 11.1 Å². The standard InChI is InChI=1S/C13H15ClN4O2S/c1-7(15)6-8-4-3-5-9(14)10(8)21-13-16-11(19)12(20)17-18(13)2/h3-5,7H,6,15H2,1-2H3,(H,17,20). The van der Waals surface area contributed by atoms with Crippen LogP contribution in [0.15, 0.2) is 37.8 Å². The van der Waals surface area contributed by atoms with E-state index in [9.17, 15) is 9.59 Å². The first-order chi connectivity index (χ1) is 9.88. The Morgan fingerprint density at radius 2 is 2.19 bits per heavy atom. The van der Waals surface area contributed by atoms with E-state index in [-0.39, 0.29) is 6.04 Å². The number of aromatic amines is 1. The summed E-state index contributed by atoms with van der Waals surface area (Å²) >= 11 is 7.46. The summed E-state index contributed by atoms with van der Waals surface area (Å²) in [6.07, 6.45) is 0.653. The summed E-state index contributed by atoms with van der Waals surface area (Å²) in [5, 5.41) is 3.32. The summed E-state index contributed by atoms with van der Waals surface area (Å²) in [6.45, 7) is 1.91. The van der Waals surface area contributed by atoms with Crippen LogP contribution in [0.5, 0.6) is 0 Å². The van der Waals surface area contributed by atoms with Gasteiger partial charge in [-0.15, -0.1) is 0 Å². The number of halogens is 1. The second-order valence-corrected chi connectivity index (χ2v) is 6.10. The molecule has 21 heavy (non-hydrogen) atoms. The predicted octanol–water partition coefficient (Wildman–Crippen LogP) is 1.16. The summed E-state index contributed by atoms with van der Waals surface area (Å²) in [7, 11) is 1.61. The highest BCUT2D eigenvalue weighted by Gasteiger charge is 2.13. The van der Waals surface area contributed by atoms with Crippen molar-refractivity contribution in [3.8, 4) is 0 Å². The number of aromatic nitrogens is 3. The van der Waals surface area contributed by atoms with Crippen molar-refractivity contribution in [1.29, 1.82) is 0 Å². The lowest BCUT2D eigenvalue weighted by molar-refractivity contribution is 0.596. The van der Waals surface area contributed by atoms with Gasteiger partial charge in [0.25, 0.3) is 0 Å². The Bertz CT molecular complexity index is 769. The molecule has 0 fully saturated rings. The van der Waals surface area contributed by atoms with Crippen molar-refractivity contribution >= 4 is 23.4 Å². The van der Waals surface area contributed by atoms with Gasteiger partial charge >= 0.3 is 11.1 Å². The Labute approximate surface area is 130 Å². The molecule has 0 aliphatic carbocycles. The fourth-order valence-electron chi connectivity index (χ4n) is 1.82. The van der Waals surface area contributed by atoms with Crippen LogP contribution in [0, 0.1) is 0 Å². The summed E-state index contributed by atoms with van der Waals surface area (Å²) in [5.74, 6) is 0. The summed E-state index contributed by atoms with van der Waals surface area (Å²) < 4.78 is 1.40. The lowest BCUT2D eigenvalue weighted by atomic mass is 10.1. The van der Waals surface area contributed by atoms with E-state index in [1.54, 1.807) is 13.1 Å². The molecular formula is C13H15ClN4O2S. The molecular weight excluding hydrogens is 312 g/mol. The van der Waals surface area contributed by atoms with Crippen LogP contribution in [0.3, 0.4) is 0 Å². The molecule has 112 valence electrons. The minimum atomic E-state index is -0.823. The summed E-state index contributed by atoms with van der Waals surface area (Å²) in [4.78, 5) is 27.2. The zero-order valence-electron chi connectivity index (χ0n) is 11.6. The number of nitrogens with one attached hydrogen (secondary N) is 1. The molecule has 1 unspecified atom stereocenters. The van der Waals surface area contributed by atoms with Gasteiger partial charge in [0.2, 0.25) is 0 Å².